The van der Waals surface area contributed by atoms with Gasteiger partial charge < -0.3 is 14.5 Å². The number of fused-ring (bicyclic) bond motifs is 3. The smallest absolute Gasteiger partial charge is 0.327 e. The lowest BCUT2D eigenvalue weighted by Gasteiger charge is -2.32. The topological polar surface area (TPSA) is 162 Å². The fraction of sp³-hybridized carbons (Fsp3) is 0.361. The van der Waals surface area contributed by atoms with Gasteiger partial charge in [0.25, 0.3) is 0 Å². The Morgan fingerprint density at radius 3 is 2.06 bits per heavy atom. The summed E-state index contributed by atoms with van der Waals surface area (Å²) in [6, 6.07) is 9.25. The minimum absolute atomic E-state index is 0.0142. The van der Waals surface area contributed by atoms with Crippen LogP contribution in [0.5, 0.6) is 0 Å². The quantitative estimate of drug-likeness (QED) is 0.145. The van der Waals surface area contributed by atoms with Crippen LogP contribution in [0.25, 0.3) is 21.8 Å². The van der Waals surface area contributed by atoms with Crippen molar-refractivity contribution in [2.45, 2.75) is 70.7 Å². The SMILES string of the molecule is CC(=O)c1nn(CC(=O)OC[C@]23CC2N(C(=O)Cn2nc(C(C)=O)c4ccncc42)[C@H](C(=O)N(c2ccccc2Cl)C2CC2)C3)c2cnccc12. The van der Waals surface area contributed by atoms with Gasteiger partial charge in [0.15, 0.2) is 11.6 Å². The van der Waals surface area contributed by atoms with Gasteiger partial charge >= 0.3 is 5.97 Å². The standard InChI is InChI=1S/C36H33ClN8O6/c1-20(46)33-23-9-11-38-15-28(23)42(40-33)17-31(48)45-27(35(50)44(22-7-8-22)26-6-4-3-5-25(26)37)13-36(14-30(36)45)19-51-32(49)18-43-29-16-39-12-10-24(29)34(41-43)21(2)47/h3-6,9-12,15-16,22,27,30H,7-8,13-14,17-19H2,1-2H3/t27-,30?,36-/m0/s1. The molecule has 14 nitrogen and oxygen atoms in total. The minimum Gasteiger partial charge on any atom is -0.464 e. The molecule has 0 N–H and O–H groups in total. The van der Waals surface area contributed by atoms with Crippen molar-refractivity contribution in [3.8, 4) is 0 Å². The molecule has 260 valence electrons. The van der Waals surface area contributed by atoms with Crippen molar-refractivity contribution in [2.75, 3.05) is 11.5 Å². The summed E-state index contributed by atoms with van der Waals surface area (Å²) < 4.78 is 8.68. The monoisotopic (exact) mass is 708 g/mol. The highest BCUT2D eigenvalue weighted by Gasteiger charge is 2.68. The zero-order valence-electron chi connectivity index (χ0n) is 27.9. The van der Waals surface area contributed by atoms with Crippen molar-refractivity contribution in [3.63, 3.8) is 0 Å². The zero-order chi connectivity index (χ0) is 35.6. The van der Waals surface area contributed by atoms with E-state index in [1.165, 1.54) is 29.4 Å². The molecule has 0 spiro atoms. The Bertz CT molecular complexity index is 2280. The lowest BCUT2D eigenvalue weighted by atomic mass is 9.99. The number of anilines is 1. The number of rotatable bonds is 11. The molecule has 1 saturated heterocycles. The number of Topliss-reactive ketones (excluding diaryl/α,β-unsaturated/α-hetero) is 2. The third kappa shape index (κ3) is 5.72. The van der Waals surface area contributed by atoms with Gasteiger partial charge in [-0.2, -0.15) is 10.2 Å². The summed E-state index contributed by atoms with van der Waals surface area (Å²) in [5.74, 6) is -1.66. The zero-order valence-corrected chi connectivity index (χ0v) is 28.6. The highest BCUT2D eigenvalue weighted by atomic mass is 35.5. The predicted octanol–water partition coefficient (Wildman–Crippen LogP) is 4.03. The van der Waals surface area contributed by atoms with E-state index in [1.807, 2.05) is 6.07 Å². The summed E-state index contributed by atoms with van der Waals surface area (Å²) in [5, 5.41) is 10.4. The number of piperidine rings is 1. The molecular formula is C36H33ClN8O6. The largest absolute Gasteiger partial charge is 0.464 e. The lowest BCUT2D eigenvalue weighted by molar-refractivity contribution is -0.146. The third-order valence-electron chi connectivity index (χ3n) is 10.1. The van der Waals surface area contributed by atoms with Gasteiger partial charge in [0.1, 0.15) is 30.5 Å². The van der Waals surface area contributed by atoms with Crippen LogP contribution >= 0.6 is 11.6 Å². The molecule has 51 heavy (non-hydrogen) atoms. The highest BCUT2D eigenvalue weighted by molar-refractivity contribution is 6.34. The van der Waals surface area contributed by atoms with Gasteiger partial charge in [0.05, 0.1) is 40.7 Å². The second-order valence-electron chi connectivity index (χ2n) is 13.6. The van der Waals surface area contributed by atoms with E-state index in [0.29, 0.717) is 38.9 Å². The maximum absolute atomic E-state index is 14.6. The molecular weight excluding hydrogens is 676 g/mol. The van der Waals surface area contributed by atoms with E-state index in [0.717, 1.165) is 12.8 Å². The molecule has 8 rings (SSSR count). The van der Waals surface area contributed by atoms with Gasteiger partial charge in [0, 0.05) is 54.5 Å². The van der Waals surface area contributed by atoms with Crippen molar-refractivity contribution in [2.24, 2.45) is 5.41 Å². The molecule has 15 heteroatoms. The number of pyridine rings is 2. The number of hydrogen-bond donors (Lipinski definition) is 0. The molecule has 0 radical (unpaired) electrons. The molecule has 2 aliphatic carbocycles. The van der Waals surface area contributed by atoms with Crippen LogP contribution < -0.4 is 4.90 Å². The van der Waals surface area contributed by atoms with Gasteiger partial charge in [-0.15, -0.1) is 0 Å². The van der Waals surface area contributed by atoms with Gasteiger partial charge in [-0.1, -0.05) is 23.7 Å². The molecule has 3 atom stereocenters. The number of nitrogens with zero attached hydrogens (tertiary/aromatic N) is 8. The minimum atomic E-state index is -0.849. The predicted molar refractivity (Wildman–Crippen MR) is 184 cm³/mol. The molecule has 0 bridgehead atoms. The molecule has 1 aromatic carbocycles. The fourth-order valence-corrected chi connectivity index (χ4v) is 7.67. The third-order valence-corrected chi connectivity index (χ3v) is 10.4. The maximum Gasteiger partial charge on any atom is 0.327 e. The molecule has 4 aromatic heterocycles. The second-order valence-corrected chi connectivity index (χ2v) is 14.0. The van der Waals surface area contributed by atoms with Crippen LogP contribution in [-0.2, 0) is 32.2 Å². The van der Waals surface area contributed by atoms with Crippen molar-refractivity contribution in [1.82, 2.24) is 34.4 Å². The Hall–Kier alpha value is -5.50. The number of carbonyl (C=O) groups excluding carboxylic acids is 5. The summed E-state index contributed by atoms with van der Waals surface area (Å²) in [6.07, 6.45) is 8.66. The average molecular weight is 709 g/mol. The Morgan fingerprint density at radius 2 is 1.47 bits per heavy atom. The van der Waals surface area contributed by atoms with Crippen LogP contribution in [0.3, 0.4) is 0 Å². The molecule has 5 aromatic rings. The van der Waals surface area contributed by atoms with Gasteiger partial charge in [-0.3, -0.25) is 43.3 Å². The summed E-state index contributed by atoms with van der Waals surface area (Å²) in [4.78, 5) is 78.3. The van der Waals surface area contributed by atoms with E-state index < -0.39 is 17.4 Å². The number of aromatic nitrogens is 6. The molecule has 1 unspecified atom stereocenters. The van der Waals surface area contributed by atoms with Crippen molar-refractivity contribution in [1.29, 1.82) is 0 Å². The highest BCUT2D eigenvalue weighted by Crippen LogP contribution is 2.60. The average Bonchev–Trinajstić information content (AvgIpc) is 3.97. The number of halogens is 1. The Morgan fingerprint density at radius 1 is 0.863 bits per heavy atom. The number of ether oxygens (including phenoxy) is 1. The number of esters is 1. The molecule has 5 heterocycles. The van der Waals surface area contributed by atoms with E-state index in [2.05, 4.69) is 20.2 Å². The van der Waals surface area contributed by atoms with E-state index >= 15 is 0 Å². The Labute approximate surface area is 296 Å². The van der Waals surface area contributed by atoms with Gasteiger partial charge in [-0.05, 0) is 49.9 Å². The fourth-order valence-electron chi connectivity index (χ4n) is 7.45. The van der Waals surface area contributed by atoms with Crippen LogP contribution in [-0.4, -0.2) is 88.5 Å². The number of para-hydroxylation sites is 1. The number of benzene rings is 1. The molecule has 1 aliphatic heterocycles. The second kappa shape index (κ2) is 12.4. The van der Waals surface area contributed by atoms with Gasteiger partial charge in [0.2, 0.25) is 11.8 Å². The van der Waals surface area contributed by atoms with Crippen molar-refractivity contribution >= 4 is 68.4 Å². The van der Waals surface area contributed by atoms with Gasteiger partial charge in [-0.25, -0.2) is 0 Å². The van der Waals surface area contributed by atoms with Crippen LogP contribution in [0.15, 0.2) is 61.2 Å². The summed E-state index contributed by atoms with van der Waals surface area (Å²) in [6.45, 7) is 2.34. The first kappa shape index (κ1) is 32.7. The maximum atomic E-state index is 14.6. The number of hydrogen-bond acceptors (Lipinski definition) is 10. The first-order chi connectivity index (χ1) is 24.6. The van der Waals surface area contributed by atoms with Crippen LogP contribution in [0.4, 0.5) is 5.69 Å². The first-order valence-electron chi connectivity index (χ1n) is 16.7. The lowest BCUT2D eigenvalue weighted by Crippen LogP contribution is -2.51. The first-order valence-corrected chi connectivity index (χ1v) is 17.1. The van der Waals surface area contributed by atoms with Crippen LogP contribution in [0.1, 0.15) is 60.5 Å². The molecule has 2 amide bonds. The summed E-state index contributed by atoms with van der Waals surface area (Å²) >= 11 is 6.60. The molecule has 3 fully saturated rings. The number of amides is 2. The van der Waals surface area contributed by atoms with Crippen LogP contribution in [0, 0.1) is 5.41 Å². The van der Waals surface area contributed by atoms with Crippen LogP contribution in [0.2, 0.25) is 5.02 Å². The van der Waals surface area contributed by atoms with E-state index in [4.69, 9.17) is 16.3 Å². The molecule has 2 saturated carbocycles. The summed E-state index contributed by atoms with van der Waals surface area (Å²) in [5.41, 5.74) is 1.47. The Kier molecular flexibility index (Phi) is 7.93. The number of ketones is 2. The number of carbonyl (C=O) groups is 5. The van der Waals surface area contributed by atoms with E-state index in [-0.39, 0.29) is 73.0 Å². The number of likely N-dealkylation sites (tertiary alicyclic amines) is 1. The summed E-state index contributed by atoms with van der Waals surface area (Å²) in [7, 11) is 0. The van der Waals surface area contributed by atoms with E-state index in [9.17, 15) is 24.0 Å². The van der Waals surface area contributed by atoms with E-state index in [1.54, 1.807) is 58.7 Å². The Balaban J connectivity index is 1.07. The van der Waals surface area contributed by atoms with Crippen molar-refractivity contribution < 1.29 is 28.7 Å². The molecule has 3 aliphatic rings. The van der Waals surface area contributed by atoms with Crippen molar-refractivity contribution in [3.05, 3.63) is 77.6 Å². The normalized spacial score (nSPS) is 20.7.